The van der Waals surface area contributed by atoms with E-state index in [4.69, 9.17) is 5.11 Å². The molecule has 0 amide bonds. The van der Waals surface area contributed by atoms with Gasteiger partial charge in [-0.05, 0) is 43.6 Å². The predicted molar refractivity (Wildman–Crippen MR) is 63.5 cm³/mol. The second-order valence-electron chi connectivity index (χ2n) is 4.89. The smallest absolute Gasteiger partial charge is 0.303 e. The number of rotatable bonds is 3. The molecule has 2 unspecified atom stereocenters. The Morgan fingerprint density at radius 1 is 1.44 bits per heavy atom. The van der Waals surface area contributed by atoms with Crippen molar-refractivity contribution in [2.75, 3.05) is 0 Å². The van der Waals surface area contributed by atoms with Crippen molar-refractivity contribution in [2.45, 2.75) is 38.5 Å². The highest BCUT2D eigenvalue weighted by molar-refractivity contribution is 5.67. The molecular formula is C14H18O2. The average Bonchev–Trinajstić information content (AvgIpc) is 2.65. The van der Waals surface area contributed by atoms with E-state index in [0.29, 0.717) is 18.3 Å². The Hall–Kier alpha value is -1.31. The standard InChI is InChI=1S/C14H18O2/c1-10-3-2-4-12(7-10)13-6-5-11(8-13)9-14(15)16/h2-4,7,11,13H,5-6,8-9H2,1H3,(H,15,16). The third-order valence-corrected chi connectivity index (χ3v) is 3.52. The molecule has 0 bridgehead atoms. The highest BCUT2D eigenvalue weighted by atomic mass is 16.4. The number of hydrogen-bond donors (Lipinski definition) is 1. The molecule has 0 aromatic heterocycles. The van der Waals surface area contributed by atoms with Gasteiger partial charge in [0.25, 0.3) is 0 Å². The van der Waals surface area contributed by atoms with Crippen molar-refractivity contribution >= 4 is 5.97 Å². The highest BCUT2D eigenvalue weighted by Crippen LogP contribution is 2.39. The van der Waals surface area contributed by atoms with Crippen molar-refractivity contribution in [3.63, 3.8) is 0 Å². The minimum absolute atomic E-state index is 0.336. The molecule has 1 aliphatic carbocycles. The topological polar surface area (TPSA) is 37.3 Å². The largest absolute Gasteiger partial charge is 0.481 e. The Morgan fingerprint density at radius 3 is 2.94 bits per heavy atom. The molecule has 1 N–H and O–H groups in total. The molecule has 1 fully saturated rings. The molecule has 1 aromatic rings. The summed E-state index contributed by atoms with van der Waals surface area (Å²) in [7, 11) is 0. The van der Waals surface area contributed by atoms with Crippen LogP contribution in [0.5, 0.6) is 0 Å². The van der Waals surface area contributed by atoms with Crippen LogP contribution in [-0.2, 0) is 4.79 Å². The van der Waals surface area contributed by atoms with E-state index in [-0.39, 0.29) is 0 Å². The molecule has 2 nitrogen and oxygen atoms in total. The van der Waals surface area contributed by atoms with Crippen molar-refractivity contribution in [2.24, 2.45) is 5.92 Å². The van der Waals surface area contributed by atoms with Crippen molar-refractivity contribution in [1.82, 2.24) is 0 Å². The number of aliphatic carboxylic acids is 1. The van der Waals surface area contributed by atoms with Crippen LogP contribution in [0.4, 0.5) is 0 Å². The van der Waals surface area contributed by atoms with Crippen LogP contribution in [0.2, 0.25) is 0 Å². The second kappa shape index (κ2) is 4.69. The molecule has 2 heteroatoms. The summed E-state index contributed by atoms with van der Waals surface area (Å²) >= 11 is 0. The normalized spacial score (nSPS) is 24.6. The fourth-order valence-corrected chi connectivity index (χ4v) is 2.73. The van der Waals surface area contributed by atoms with Crippen molar-refractivity contribution < 1.29 is 9.90 Å². The molecule has 16 heavy (non-hydrogen) atoms. The van der Waals surface area contributed by atoms with E-state index in [1.54, 1.807) is 0 Å². The summed E-state index contributed by atoms with van der Waals surface area (Å²) in [6.45, 7) is 2.10. The minimum atomic E-state index is -0.658. The number of hydrogen-bond acceptors (Lipinski definition) is 1. The third kappa shape index (κ3) is 2.63. The molecule has 0 aliphatic heterocycles. The van der Waals surface area contributed by atoms with E-state index < -0.39 is 5.97 Å². The number of carboxylic acids is 1. The van der Waals surface area contributed by atoms with Crippen LogP contribution in [-0.4, -0.2) is 11.1 Å². The van der Waals surface area contributed by atoms with Gasteiger partial charge >= 0.3 is 5.97 Å². The molecule has 2 atom stereocenters. The van der Waals surface area contributed by atoms with Gasteiger partial charge in [0.05, 0.1) is 0 Å². The van der Waals surface area contributed by atoms with Gasteiger partial charge in [-0.25, -0.2) is 0 Å². The first-order chi connectivity index (χ1) is 7.65. The monoisotopic (exact) mass is 218 g/mol. The van der Waals surface area contributed by atoms with Crippen molar-refractivity contribution in [3.05, 3.63) is 35.4 Å². The lowest BCUT2D eigenvalue weighted by molar-refractivity contribution is -0.138. The Balaban J connectivity index is 2.00. The van der Waals surface area contributed by atoms with Gasteiger partial charge in [-0.1, -0.05) is 29.8 Å². The van der Waals surface area contributed by atoms with Crippen LogP contribution < -0.4 is 0 Å². The van der Waals surface area contributed by atoms with Gasteiger partial charge in [-0.15, -0.1) is 0 Å². The first-order valence-corrected chi connectivity index (χ1v) is 5.93. The van der Waals surface area contributed by atoms with Gasteiger partial charge in [-0.3, -0.25) is 4.79 Å². The first kappa shape index (κ1) is 11.2. The Kier molecular flexibility index (Phi) is 3.28. The number of carboxylic acid groups (broad SMARTS) is 1. The highest BCUT2D eigenvalue weighted by Gasteiger charge is 2.27. The average molecular weight is 218 g/mol. The maximum atomic E-state index is 10.7. The molecule has 2 rings (SSSR count). The van der Waals surface area contributed by atoms with Gasteiger partial charge in [0.1, 0.15) is 0 Å². The fraction of sp³-hybridized carbons (Fsp3) is 0.500. The summed E-state index contributed by atoms with van der Waals surface area (Å²) in [5.74, 6) is 0.294. The van der Waals surface area contributed by atoms with Crippen molar-refractivity contribution in [1.29, 1.82) is 0 Å². The first-order valence-electron chi connectivity index (χ1n) is 5.93. The van der Waals surface area contributed by atoms with E-state index in [2.05, 4.69) is 31.2 Å². The summed E-state index contributed by atoms with van der Waals surface area (Å²) in [4.78, 5) is 10.7. The molecule has 0 saturated heterocycles. The Labute approximate surface area is 96.3 Å². The lowest BCUT2D eigenvalue weighted by atomic mass is 9.94. The van der Waals surface area contributed by atoms with Crippen LogP contribution in [0.3, 0.4) is 0 Å². The zero-order chi connectivity index (χ0) is 11.5. The SMILES string of the molecule is Cc1cccc(C2CCC(CC(=O)O)C2)c1. The Bertz CT molecular complexity index is 384. The predicted octanol–water partition coefficient (Wildman–Crippen LogP) is 3.35. The van der Waals surface area contributed by atoms with Gasteiger partial charge in [-0.2, -0.15) is 0 Å². The lowest BCUT2D eigenvalue weighted by Crippen LogP contribution is -2.04. The van der Waals surface area contributed by atoms with Crippen LogP contribution in [0.15, 0.2) is 24.3 Å². The summed E-state index contributed by atoms with van der Waals surface area (Å²) in [6.07, 6.45) is 3.57. The maximum Gasteiger partial charge on any atom is 0.303 e. The fourth-order valence-electron chi connectivity index (χ4n) is 2.73. The van der Waals surface area contributed by atoms with E-state index in [9.17, 15) is 4.79 Å². The number of aryl methyl sites for hydroxylation is 1. The third-order valence-electron chi connectivity index (χ3n) is 3.52. The Morgan fingerprint density at radius 2 is 2.25 bits per heavy atom. The summed E-state index contributed by atoms with van der Waals surface area (Å²) in [6, 6.07) is 8.59. The number of carbonyl (C=O) groups is 1. The molecule has 86 valence electrons. The van der Waals surface area contributed by atoms with Crippen molar-refractivity contribution in [3.8, 4) is 0 Å². The zero-order valence-corrected chi connectivity index (χ0v) is 9.65. The lowest BCUT2D eigenvalue weighted by Gasteiger charge is -2.11. The molecule has 1 aliphatic rings. The zero-order valence-electron chi connectivity index (χ0n) is 9.65. The number of benzene rings is 1. The summed E-state index contributed by atoms with van der Waals surface area (Å²) in [5, 5.41) is 8.77. The molecule has 1 saturated carbocycles. The van der Waals surface area contributed by atoms with Gasteiger partial charge in [0.2, 0.25) is 0 Å². The molecule has 0 heterocycles. The van der Waals surface area contributed by atoms with E-state index in [1.165, 1.54) is 11.1 Å². The quantitative estimate of drug-likeness (QED) is 0.844. The van der Waals surface area contributed by atoms with E-state index >= 15 is 0 Å². The van der Waals surface area contributed by atoms with Crippen LogP contribution in [0.25, 0.3) is 0 Å². The van der Waals surface area contributed by atoms with Crippen LogP contribution >= 0.6 is 0 Å². The maximum absolute atomic E-state index is 10.7. The molecule has 0 spiro atoms. The van der Waals surface area contributed by atoms with Crippen LogP contribution in [0.1, 0.15) is 42.7 Å². The summed E-state index contributed by atoms with van der Waals surface area (Å²) in [5.41, 5.74) is 2.67. The molecule has 0 radical (unpaired) electrons. The van der Waals surface area contributed by atoms with Gasteiger partial charge < -0.3 is 5.11 Å². The minimum Gasteiger partial charge on any atom is -0.481 e. The summed E-state index contributed by atoms with van der Waals surface area (Å²) < 4.78 is 0. The molecule has 1 aromatic carbocycles. The van der Waals surface area contributed by atoms with Gasteiger partial charge in [0, 0.05) is 6.42 Å². The van der Waals surface area contributed by atoms with E-state index in [0.717, 1.165) is 19.3 Å². The second-order valence-corrected chi connectivity index (χ2v) is 4.89. The van der Waals surface area contributed by atoms with Gasteiger partial charge in [0.15, 0.2) is 0 Å². The van der Waals surface area contributed by atoms with Crippen LogP contribution in [0, 0.1) is 12.8 Å². The van der Waals surface area contributed by atoms with E-state index in [1.807, 2.05) is 0 Å². The molecular weight excluding hydrogens is 200 g/mol.